The number of hydrogen-bond acceptors (Lipinski definition) is 8. The van der Waals surface area contributed by atoms with Gasteiger partial charge in [-0.15, -0.1) is 0 Å². The molecule has 2 unspecified atom stereocenters. The van der Waals surface area contributed by atoms with Crippen molar-refractivity contribution in [2.45, 2.75) is 26.1 Å². The Morgan fingerprint density at radius 2 is 1.62 bits per heavy atom. The Morgan fingerprint density at radius 3 is 2.14 bits per heavy atom. The highest BCUT2D eigenvalue weighted by atomic mass is 16.6. The molecular weight excluding hydrogens is 284 g/mol. The summed E-state index contributed by atoms with van der Waals surface area (Å²) in [6.07, 6.45) is -1.73. The van der Waals surface area contributed by atoms with E-state index in [1.807, 2.05) is 0 Å². The molecule has 8 nitrogen and oxygen atoms in total. The predicted octanol–water partition coefficient (Wildman–Crippen LogP) is -0.285. The average molecular weight is 300 g/mol. The third-order valence-corrected chi connectivity index (χ3v) is 2.12. The first-order valence-corrected chi connectivity index (χ1v) is 6.15. The molecule has 0 aliphatic rings. The van der Waals surface area contributed by atoms with E-state index in [4.69, 9.17) is 14.9 Å². The Hall–Kier alpha value is -2.19. The Bertz CT molecular complexity index is 512. The number of carbonyl (C=O) groups is 2. The van der Waals surface area contributed by atoms with Crippen LogP contribution in [0.5, 0.6) is 0 Å². The molecule has 1 rings (SSSR count). The second kappa shape index (κ2) is 7.55. The highest BCUT2D eigenvalue weighted by Crippen LogP contribution is 2.06. The van der Waals surface area contributed by atoms with Gasteiger partial charge in [-0.1, -0.05) is 0 Å². The summed E-state index contributed by atoms with van der Waals surface area (Å²) >= 11 is 0. The molecule has 1 aromatic rings. The maximum atomic E-state index is 11.6. The summed E-state index contributed by atoms with van der Waals surface area (Å²) in [4.78, 5) is 34.5. The van der Waals surface area contributed by atoms with E-state index >= 15 is 0 Å². The maximum absolute atomic E-state index is 11.6. The van der Waals surface area contributed by atoms with Gasteiger partial charge in [0.05, 0.1) is 17.8 Å². The topological polar surface area (TPSA) is 123 Å². The lowest BCUT2D eigenvalue weighted by molar-refractivity contribution is 0.0257. The van der Waals surface area contributed by atoms with Crippen molar-refractivity contribution in [2.75, 3.05) is 13.2 Å². The van der Waals surface area contributed by atoms with Gasteiger partial charge >= 0.3 is 17.6 Å². The van der Waals surface area contributed by atoms with Gasteiger partial charge in [-0.25, -0.2) is 14.4 Å². The monoisotopic (exact) mass is 300 g/mol. The first-order valence-electron chi connectivity index (χ1n) is 6.15. The largest absolute Gasteiger partial charge is 0.459 e. The third-order valence-electron chi connectivity index (χ3n) is 2.12. The predicted molar refractivity (Wildman–Crippen MR) is 68.9 cm³/mol. The van der Waals surface area contributed by atoms with Crippen molar-refractivity contribution in [3.8, 4) is 0 Å². The lowest BCUT2D eigenvalue weighted by Gasteiger charge is -2.08. The van der Waals surface area contributed by atoms with Gasteiger partial charge in [0.2, 0.25) is 5.76 Å². The smallest absolute Gasteiger partial charge is 0.374 e. The zero-order valence-corrected chi connectivity index (χ0v) is 11.6. The van der Waals surface area contributed by atoms with Crippen molar-refractivity contribution in [2.24, 2.45) is 0 Å². The molecule has 0 saturated heterocycles. The second-order valence-corrected chi connectivity index (χ2v) is 4.42. The van der Waals surface area contributed by atoms with E-state index in [1.54, 1.807) is 0 Å². The van der Waals surface area contributed by atoms with Gasteiger partial charge in [-0.3, -0.25) is 0 Å². The summed E-state index contributed by atoms with van der Waals surface area (Å²) in [6.45, 7) is 2.30. The molecule has 0 saturated carbocycles. The molecule has 8 heteroatoms. The first-order chi connectivity index (χ1) is 9.79. The lowest BCUT2D eigenvalue weighted by atomic mass is 10.2. The molecule has 0 bridgehead atoms. The summed E-state index contributed by atoms with van der Waals surface area (Å²) in [6, 6.07) is 1.85. The summed E-state index contributed by atoms with van der Waals surface area (Å²) in [7, 11) is 0. The van der Waals surface area contributed by atoms with Crippen molar-refractivity contribution in [1.82, 2.24) is 0 Å². The van der Waals surface area contributed by atoms with Crippen LogP contribution in [0.2, 0.25) is 0 Å². The second-order valence-electron chi connectivity index (χ2n) is 4.42. The first kappa shape index (κ1) is 16.9. The van der Waals surface area contributed by atoms with Crippen LogP contribution in [0, 0.1) is 0 Å². The Morgan fingerprint density at radius 1 is 1.10 bits per heavy atom. The lowest BCUT2D eigenvalue weighted by Crippen LogP contribution is -2.19. The van der Waals surface area contributed by atoms with E-state index < -0.39 is 35.5 Å². The van der Waals surface area contributed by atoms with Crippen molar-refractivity contribution in [3.05, 3.63) is 33.9 Å². The molecule has 116 valence electrons. The van der Waals surface area contributed by atoms with Crippen LogP contribution < -0.4 is 5.63 Å². The van der Waals surface area contributed by atoms with Gasteiger partial charge in [0, 0.05) is 12.1 Å². The van der Waals surface area contributed by atoms with Crippen molar-refractivity contribution in [3.63, 3.8) is 0 Å². The molecule has 1 aromatic heterocycles. The Kier molecular flexibility index (Phi) is 6.07. The fourth-order valence-electron chi connectivity index (χ4n) is 1.24. The van der Waals surface area contributed by atoms with Gasteiger partial charge in [0.1, 0.15) is 13.2 Å². The van der Waals surface area contributed by atoms with Crippen LogP contribution in [0.3, 0.4) is 0 Å². The number of carbonyl (C=O) groups excluding carboxylic acids is 2. The van der Waals surface area contributed by atoms with E-state index in [-0.39, 0.29) is 18.8 Å². The summed E-state index contributed by atoms with van der Waals surface area (Å²) < 4.78 is 14.0. The average Bonchev–Trinajstić information content (AvgIpc) is 2.41. The minimum atomic E-state index is -0.988. The number of hydrogen-bond donors (Lipinski definition) is 2. The minimum absolute atomic E-state index is 0.198. The van der Waals surface area contributed by atoms with E-state index in [1.165, 1.54) is 13.8 Å². The van der Waals surface area contributed by atoms with Crippen LogP contribution in [0.1, 0.15) is 34.8 Å². The van der Waals surface area contributed by atoms with Crippen LogP contribution >= 0.6 is 0 Å². The Balaban J connectivity index is 2.86. The zero-order valence-electron chi connectivity index (χ0n) is 11.6. The fourth-order valence-corrected chi connectivity index (χ4v) is 1.24. The molecular formula is C13H16O8. The third kappa shape index (κ3) is 5.76. The number of ether oxygens (including phenoxy) is 2. The molecule has 0 aliphatic carbocycles. The van der Waals surface area contributed by atoms with Crippen LogP contribution in [-0.2, 0) is 9.47 Å². The number of aliphatic hydroxyl groups excluding tert-OH is 2. The van der Waals surface area contributed by atoms with E-state index in [9.17, 15) is 14.4 Å². The van der Waals surface area contributed by atoms with E-state index in [0.717, 1.165) is 12.1 Å². The van der Waals surface area contributed by atoms with Gasteiger partial charge in [-0.2, -0.15) is 0 Å². The number of rotatable bonds is 6. The minimum Gasteiger partial charge on any atom is -0.459 e. The van der Waals surface area contributed by atoms with E-state index in [2.05, 4.69) is 9.15 Å². The molecule has 0 aromatic carbocycles. The van der Waals surface area contributed by atoms with Crippen LogP contribution in [0.15, 0.2) is 21.3 Å². The van der Waals surface area contributed by atoms with Gasteiger partial charge in [-0.05, 0) is 13.8 Å². The van der Waals surface area contributed by atoms with Gasteiger partial charge < -0.3 is 24.1 Å². The standard InChI is InChI=1S/C13H16O8/c1-7(14)5-19-12(17)9-3-10(21-11(16)4-9)13(18)20-6-8(2)15/h3-4,7-8,14-15H,5-6H2,1-2H3. The zero-order chi connectivity index (χ0) is 16.0. The molecule has 0 fully saturated rings. The maximum Gasteiger partial charge on any atom is 0.374 e. The van der Waals surface area contributed by atoms with Crippen molar-refractivity contribution >= 4 is 11.9 Å². The SMILES string of the molecule is CC(O)COC(=O)c1cc(C(=O)OCC(C)O)oc(=O)c1. The summed E-state index contributed by atoms with van der Waals surface area (Å²) in [5, 5.41) is 18.0. The van der Waals surface area contributed by atoms with Gasteiger partial charge in [0.15, 0.2) is 0 Å². The molecule has 21 heavy (non-hydrogen) atoms. The van der Waals surface area contributed by atoms with Crippen LogP contribution in [0.25, 0.3) is 0 Å². The quantitative estimate of drug-likeness (QED) is 0.687. The fraction of sp³-hybridized carbons (Fsp3) is 0.462. The Labute approximate surface area is 119 Å². The molecule has 0 aliphatic heterocycles. The van der Waals surface area contributed by atoms with Crippen LogP contribution in [0.4, 0.5) is 0 Å². The molecule has 0 spiro atoms. The molecule has 0 amide bonds. The number of esters is 2. The normalized spacial score (nSPS) is 13.3. The summed E-state index contributed by atoms with van der Waals surface area (Å²) in [5.41, 5.74) is -1.12. The highest BCUT2D eigenvalue weighted by Gasteiger charge is 2.17. The molecule has 0 radical (unpaired) electrons. The molecule has 2 N–H and O–H groups in total. The highest BCUT2D eigenvalue weighted by molar-refractivity contribution is 5.93. The van der Waals surface area contributed by atoms with Crippen LogP contribution in [-0.4, -0.2) is 47.6 Å². The summed E-state index contributed by atoms with van der Waals surface area (Å²) in [5.74, 6) is -2.35. The van der Waals surface area contributed by atoms with Crippen molar-refractivity contribution in [1.29, 1.82) is 0 Å². The van der Waals surface area contributed by atoms with Crippen molar-refractivity contribution < 1.29 is 33.7 Å². The molecule has 1 heterocycles. The van der Waals surface area contributed by atoms with Gasteiger partial charge in [0.25, 0.3) is 0 Å². The molecule has 2 atom stereocenters. The number of aliphatic hydroxyl groups is 2. The van der Waals surface area contributed by atoms with E-state index in [0.29, 0.717) is 0 Å².